The summed E-state index contributed by atoms with van der Waals surface area (Å²) in [5.41, 5.74) is 11.0. The molecular weight excluding hydrogens is 887 g/mol. The molecule has 0 radical (unpaired) electrons. The van der Waals surface area contributed by atoms with Crippen molar-refractivity contribution in [3.05, 3.63) is 0 Å². The van der Waals surface area contributed by atoms with Gasteiger partial charge in [0.05, 0.1) is 19.2 Å². The number of likely N-dealkylation sites (tertiary alicyclic amines) is 1. The third kappa shape index (κ3) is 20.0. The molecule has 24 nitrogen and oxygen atoms in total. The first-order valence-corrected chi connectivity index (χ1v) is 23.5. The number of nitrogens with zero attached hydrogens (tertiary/aromatic N) is 3. The zero-order valence-corrected chi connectivity index (χ0v) is 41.5. The Kier molecular flexibility index (Phi) is 26.7. The zero-order valence-electron chi connectivity index (χ0n) is 41.5. The van der Waals surface area contributed by atoms with Crippen LogP contribution in [-0.2, 0) is 47.9 Å². The average molecular weight is 966 g/mol. The van der Waals surface area contributed by atoms with Crippen LogP contribution < -0.4 is 54.0 Å². The van der Waals surface area contributed by atoms with Gasteiger partial charge in [-0.15, -0.1) is 0 Å². The van der Waals surface area contributed by atoms with Crippen molar-refractivity contribution >= 4 is 65.0 Å². The van der Waals surface area contributed by atoms with Gasteiger partial charge in [-0.3, -0.25) is 52.9 Å². The number of carbonyl (C=O) groups is 10. The number of nitrogens with two attached hydrogens (primary N) is 2. The number of carbonyl (C=O) groups excluding carboxylic acids is 10. The smallest absolute Gasteiger partial charge is 0.245 e. The summed E-state index contributed by atoms with van der Waals surface area (Å²) in [7, 11) is 1.42. The molecule has 1 rings (SSSR count). The van der Waals surface area contributed by atoms with Gasteiger partial charge in [0, 0.05) is 33.6 Å². The molecule has 10 amide bonds. The SMILES string of the molecule is CCC[C@H](NC(=O)[C@@H](NC(=O)[C@@H](CC)NC(=O)[C@@H](NC(=O)CNC(=O)CN(C)C(C)=O)C(C)C)[C@@H](C)O)C(=O)N[C@H](C(=O)N[C@@H](CCCN=C(N)N)C(=O)N1CCC[C@H]1C(=O)NCC)[C@@H](C)CC. The number of likely N-dealkylation sites (N-methyl/N-ethyl adjacent to an activating group) is 2. The van der Waals surface area contributed by atoms with Crippen molar-refractivity contribution in [1.82, 2.24) is 52.3 Å². The zero-order chi connectivity index (χ0) is 51.8. The van der Waals surface area contributed by atoms with Crippen LogP contribution in [-0.4, -0.2) is 168 Å². The normalized spacial score (nSPS) is 16.8. The predicted molar refractivity (Wildman–Crippen MR) is 252 cm³/mol. The number of hydrogen-bond donors (Lipinski definition) is 11. The van der Waals surface area contributed by atoms with Crippen LogP contribution in [0.1, 0.15) is 114 Å². The van der Waals surface area contributed by atoms with E-state index in [0.717, 1.165) is 4.90 Å². The van der Waals surface area contributed by atoms with Gasteiger partial charge in [0.25, 0.3) is 0 Å². The van der Waals surface area contributed by atoms with Crippen LogP contribution in [0.25, 0.3) is 0 Å². The highest BCUT2D eigenvalue weighted by atomic mass is 16.3. The van der Waals surface area contributed by atoms with E-state index in [4.69, 9.17) is 11.5 Å². The Morgan fingerprint density at radius 1 is 0.706 bits per heavy atom. The lowest BCUT2D eigenvalue weighted by molar-refractivity contribution is -0.142. The number of guanidine groups is 1. The molecule has 13 N–H and O–H groups in total. The van der Waals surface area contributed by atoms with Gasteiger partial charge in [0.1, 0.15) is 42.3 Å². The minimum atomic E-state index is -1.61. The monoisotopic (exact) mass is 966 g/mol. The van der Waals surface area contributed by atoms with Gasteiger partial charge in [0.15, 0.2) is 5.96 Å². The van der Waals surface area contributed by atoms with Crippen molar-refractivity contribution in [3.63, 3.8) is 0 Å². The molecule has 1 saturated heterocycles. The van der Waals surface area contributed by atoms with Crippen molar-refractivity contribution in [3.8, 4) is 0 Å². The highest BCUT2D eigenvalue weighted by Crippen LogP contribution is 2.20. The fraction of sp³-hybridized carbons (Fsp3) is 0.750. The highest BCUT2D eigenvalue weighted by molar-refractivity contribution is 5.98. The molecule has 0 aliphatic carbocycles. The van der Waals surface area contributed by atoms with Gasteiger partial charge < -0.3 is 68.9 Å². The number of nitrogens with one attached hydrogen (secondary N) is 8. The molecule has 0 aromatic heterocycles. The molecule has 0 aromatic rings. The molecule has 0 bridgehead atoms. The minimum Gasteiger partial charge on any atom is -0.391 e. The molecule has 1 aliphatic rings. The highest BCUT2D eigenvalue weighted by Gasteiger charge is 2.40. The summed E-state index contributed by atoms with van der Waals surface area (Å²) in [5, 5.41) is 31.5. The van der Waals surface area contributed by atoms with Gasteiger partial charge in [0.2, 0.25) is 59.1 Å². The first-order chi connectivity index (χ1) is 31.9. The molecule has 68 heavy (non-hydrogen) atoms. The summed E-state index contributed by atoms with van der Waals surface area (Å²) in [6.07, 6.45) is 0.886. The average Bonchev–Trinajstić information content (AvgIpc) is 3.77. The third-order valence-corrected chi connectivity index (χ3v) is 11.5. The standard InChI is InChI=1S/C44H79N13O11/c1-11-17-29(38(63)54-35(25(7)12-2)41(66)52-30(18-15-20-48-44(45)46)43(68)57-21-16-19-31(57)39(64)47-14-4)51-42(67)36(26(8)58)55-37(62)28(13-3)50-40(65)34(24(5)6)53-32(60)22-49-33(61)23-56(10)27(9)59/h24-26,28-31,34-36,58H,11-23H2,1-10H3,(H,47,64)(H,49,61)(H,50,65)(H,51,67)(H,52,66)(H,53,60)(H,54,63)(H,55,62)(H4,45,46,48)/t25-,26+,28+,29-,30-,31-,34-,35-,36-/m0/s1. The summed E-state index contributed by atoms with van der Waals surface area (Å²) in [5.74, 6) is -7.46. The van der Waals surface area contributed by atoms with Crippen LogP contribution in [0.2, 0.25) is 0 Å². The summed E-state index contributed by atoms with van der Waals surface area (Å²) in [4.78, 5) is 139. The molecule has 1 fully saturated rings. The van der Waals surface area contributed by atoms with Crippen molar-refractivity contribution in [2.75, 3.05) is 39.8 Å². The Morgan fingerprint density at radius 3 is 1.82 bits per heavy atom. The van der Waals surface area contributed by atoms with E-state index in [1.807, 2.05) is 6.92 Å². The number of hydrogen-bond acceptors (Lipinski definition) is 12. The Hall–Kier alpha value is -6.07. The van der Waals surface area contributed by atoms with Crippen molar-refractivity contribution < 1.29 is 53.1 Å². The van der Waals surface area contributed by atoms with Crippen molar-refractivity contribution in [2.45, 2.75) is 162 Å². The second kappa shape index (κ2) is 30.3. The second-order valence-electron chi connectivity index (χ2n) is 17.5. The van der Waals surface area contributed by atoms with Gasteiger partial charge in [-0.1, -0.05) is 54.4 Å². The fourth-order valence-electron chi connectivity index (χ4n) is 7.19. The molecule has 24 heteroatoms. The number of rotatable bonds is 29. The van der Waals surface area contributed by atoms with E-state index in [1.165, 1.54) is 25.8 Å². The van der Waals surface area contributed by atoms with E-state index in [2.05, 4.69) is 47.5 Å². The van der Waals surface area contributed by atoms with Gasteiger partial charge >= 0.3 is 0 Å². The first-order valence-electron chi connectivity index (χ1n) is 23.5. The first kappa shape index (κ1) is 59.9. The van der Waals surface area contributed by atoms with Gasteiger partial charge in [-0.05, 0) is 64.2 Å². The maximum absolute atomic E-state index is 14.1. The maximum Gasteiger partial charge on any atom is 0.245 e. The van der Waals surface area contributed by atoms with E-state index in [9.17, 15) is 53.1 Å². The summed E-state index contributed by atoms with van der Waals surface area (Å²) >= 11 is 0. The molecule has 1 heterocycles. The number of amides is 10. The minimum absolute atomic E-state index is 0.0274. The van der Waals surface area contributed by atoms with Gasteiger partial charge in [-0.25, -0.2) is 0 Å². The van der Waals surface area contributed by atoms with Crippen LogP contribution >= 0.6 is 0 Å². The lowest BCUT2D eigenvalue weighted by Gasteiger charge is -2.31. The van der Waals surface area contributed by atoms with E-state index in [1.54, 1.807) is 41.5 Å². The quantitative estimate of drug-likeness (QED) is 0.0202. The van der Waals surface area contributed by atoms with E-state index in [-0.39, 0.29) is 50.1 Å². The lowest BCUT2D eigenvalue weighted by Crippen LogP contribution is -2.62. The van der Waals surface area contributed by atoms with Crippen molar-refractivity contribution in [2.24, 2.45) is 28.3 Å². The van der Waals surface area contributed by atoms with Gasteiger partial charge in [-0.2, -0.15) is 0 Å². The van der Waals surface area contributed by atoms with Crippen LogP contribution in [0.15, 0.2) is 4.99 Å². The number of aliphatic hydroxyl groups is 1. The molecule has 386 valence electrons. The lowest BCUT2D eigenvalue weighted by atomic mass is 9.96. The Bertz CT molecular complexity index is 1780. The molecule has 0 spiro atoms. The van der Waals surface area contributed by atoms with Crippen molar-refractivity contribution in [1.29, 1.82) is 0 Å². The van der Waals surface area contributed by atoms with E-state index in [0.29, 0.717) is 45.2 Å². The number of aliphatic imine (C=N–C) groups is 1. The summed E-state index contributed by atoms with van der Waals surface area (Å²) in [6.45, 7) is 14.6. The topological polar surface area (TPSA) is 358 Å². The molecule has 0 saturated carbocycles. The third-order valence-electron chi connectivity index (χ3n) is 11.5. The Balaban J connectivity index is 3.21. The van der Waals surface area contributed by atoms with E-state index >= 15 is 0 Å². The summed E-state index contributed by atoms with van der Waals surface area (Å²) in [6, 6.07) is -8.26. The van der Waals surface area contributed by atoms with Crippen LogP contribution in [0, 0.1) is 11.8 Å². The van der Waals surface area contributed by atoms with Crippen LogP contribution in [0.5, 0.6) is 0 Å². The number of aliphatic hydroxyl groups excluding tert-OH is 1. The fourth-order valence-corrected chi connectivity index (χ4v) is 7.19. The van der Waals surface area contributed by atoms with Crippen LogP contribution in [0.4, 0.5) is 0 Å². The van der Waals surface area contributed by atoms with Crippen LogP contribution in [0.3, 0.4) is 0 Å². The van der Waals surface area contributed by atoms with E-state index < -0.39 is 114 Å². The summed E-state index contributed by atoms with van der Waals surface area (Å²) < 4.78 is 0. The molecule has 1 aliphatic heterocycles. The molecule has 0 aromatic carbocycles. The molecule has 0 unspecified atom stereocenters. The molecule has 9 atom stereocenters. The largest absolute Gasteiger partial charge is 0.391 e. The second-order valence-corrected chi connectivity index (χ2v) is 17.5. The predicted octanol–water partition coefficient (Wildman–Crippen LogP) is -3.04. The maximum atomic E-state index is 14.1. The Morgan fingerprint density at radius 2 is 1.28 bits per heavy atom. The molecular formula is C44H79N13O11. The Labute approximate surface area is 399 Å².